The zero-order chi connectivity index (χ0) is 10.8. The Labute approximate surface area is 95.6 Å². The van der Waals surface area contributed by atoms with Crippen LogP contribution < -0.4 is 0 Å². The maximum absolute atomic E-state index is 11.6. The van der Waals surface area contributed by atoms with Gasteiger partial charge in [-0.25, -0.2) is 4.79 Å². The molecule has 78 valence electrons. The fourth-order valence-corrected chi connectivity index (χ4v) is 1.84. The number of carbonyl (C=O) groups excluding carboxylic acids is 1. The second-order valence-corrected chi connectivity index (χ2v) is 4.03. The molecule has 0 saturated carbocycles. The topological polar surface area (TPSA) is 42.1 Å². The van der Waals surface area contributed by atoms with Crippen LogP contribution in [0.2, 0.25) is 0 Å². The van der Waals surface area contributed by atoms with Crippen molar-refractivity contribution in [1.29, 1.82) is 0 Å². The van der Waals surface area contributed by atoms with Crippen LogP contribution in [-0.4, -0.2) is 17.6 Å². The van der Waals surface area contributed by atoms with Crippen LogP contribution in [0.1, 0.15) is 17.3 Å². The number of H-pyrrole nitrogens is 1. The highest BCUT2D eigenvalue weighted by Gasteiger charge is 2.12. The molecule has 0 bridgehead atoms. The van der Waals surface area contributed by atoms with E-state index in [1.165, 1.54) is 0 Å². The van der Waals surface area contributed by atoms with Crippen molar-refractivity contribution < 1.29 is 9.53 Å². The van der Waals surface area contributed by atoms with Gasteiger partial charge in [0.25, 0.3) is 0 Å². The van der Waals surface area contributed by atoms with E-state index in [0.717, 1.165) is 15.4 Å². The molecule has 3 nitrogen and oxygen atoms in total. The molecule has 0 aliphatic carbocycles. The van der Waals surface area contributed by atoms with Gasteiger partial charge in [0.05, 0.1) is 12.2 Å². The molecule has 2 aromatic rings. The summed E-state index contributed by atoms with van der Waals surface area (Å²) in [6.45, 7) is 2.19. The summed E-state index contributed by atoms with van der Waals surface area (Å²) >= 11 is 3.37. The molecule has 1 aromatic carbocycles. The largest absolute Gasteiger partial charge is 0.462 e. The molecule has 1 heterocycles. The molecular formula is C11H10BrNO2. The lowest BCUT2D eigenvalue weighted by atomic mass is 10.2. The van der Waals surface area contributed by atoms with Gasteiger partial charge in [0.2, 0.25) is 0 Å². The normalized spacial score (nSPS) is 10.5. The lowest BCUT2D eigenvalue weighted by Crippen LogP contribution is -2.03. The molecule has 0 amide bonds. The molecule has 0 spiro atoms. The van der Waals surface area contributed by atoms with E-state index in [2.05, 4.69) is 20.9 Å². The molecule has 0 fully saturated rings. The molecule has 15 heavy (non-hydrogen) atoms. The lowest BCUT2D eigenvalue weighted by molar-refractivity contribution is 0.0529. The summed E-state index contributed by atoms with van der Waals surface area (Å²) in [4.78, 5) is 14.6. The van der Waals surface area contributed by atoms with Crippen molar-refractivity contribution in [2.24, 2.45) is 0 Å². The number of hydrogen-bond acceptors (Lipinski definition) is 2. The molecule has 0 unspecified atom stereocenters. The van der Waals surface area contributed by atoms with E-state index in [0.29, 0.717) is 12.2 Å². The van der Waals surface area contributed by atoms with Gasteiger partial charge in [0.1, 0.15) is 0 Å². The summed E-state index contributed by atoms with van der Waals surface area (Å²) in [7, 11) is 0. The molecule has 0 saturated heterocycles. The number of benzene rings is 1. The zero-order valence-corrected chi connectivity index (χ0v) is 9.80. The number of ether oxygens (including phenoxy) is 1. The van der Waals surface area contributed by atoms with E-state index in [4.69, 9.17) is 4.74 Å². The number of halogens is 1. The van der Waals surface area contributed by atoms with Crippen molar-refractivity contribution in [3.8, 4) is 0 Å². The molecule has 1 aromatic heterocycles. The Morgan fingerprint density at radius 1 is 1.53 bits per heavy atom. The molecule has 0 atom stereocenters. The Balaban J connectivity index is 2.49. The van der Waals surface area contributed by atoms with Gasteiger partial charge < -0.3 is 9.72 Å². The van der Waals surface area contributed by atoms with E-state index in [1.54, 1.807) is 13.1 Å². The number of carbonyl (C=O) groups is 1. The minimum atomic E-state index is -0.286. The lowest BCUT2D eigenvalue weighted by Gasteiger charge is -1.99. The number of aromatic amines is 1. The smallest absolute Gasteiger partial charge is 0.340 e. The van der Waals surface area contributed by atoms with E-state index >= 15 is 0 Å². The molecular weight excluding hydrogens is 258 g/mol. The predicted molar refractivity (Wildman–Crippen MR) is 62.0 cm³/mol. The van der Waals surface area contributed by atoms with E-state index in [9.17, 15) is 4.79 Å². The summed E-state index contributed by atoms with van der Waals surface area (Å²) in [5, 5.41) is 0.886. The highest BCUT2D eigenvalue weighted by Crippen LogP contribution is 2.22. The number of fused-ring (bicyclic) bond motifs is 1. The van der Waals surface area contributed by atoms with Gasteiger partial charge in [-0.1, -0.05) is 22.0 Å². The fourth-order valence-electron chi connectivity index (χ4n) is 1.48. The van der Waals surface area contributed by atoms with Crippen LogP contribution in [0.25, 0.3) is 10.9 Å². The molecule has 2 rings (SSSR count). The van der Waals surface area contributed by atoms with E-state index in [1.807, 2.05) is 18.2 Å². The third-order valence-corrected chi connectivity index (χ3v) is 2.63. The standard InChI is InChI=1S/C11H10BrNO2/c1-2-15-11(14)9-6-13-10-5-7(12)3-4-8(9)10/h3-6,13H,2H2,1H3. The maximum Gasteiger partial charge on any atom is 0.340 e. The van der Waals surface area contributed by atoms with Crippen LogP contribution >= 0.6 is 15.9 Å². The highest BCUT2D eigenvalue weighted by molar-refractivity contribution is 9.10. The van der Waals surface area contributed by atoms with Crippen LogP contribution in [0.15, 0.2) is 28.9 Å². The van der Waals surface area contributed by atoms with Crippen molar-refractivity contribution >= 4 is 32.8 Å². The van der Waals surface area contributed by atoms with Crippen molar-refractivity contribution in [3.63, 3.8) is 0 Å². The third kappa shape index (κ3) is 1.90. The van der Waals surface area contributed by atoms with E-state index in [-0.39, 0.29) is 5.97 Å². The average molecular weight is 268 g/mol. The number of esters is 1. The number of aromatic nitrogens is 1. The first-order chi connectivity index (χ1) is 7.22. The molecule has 4 heteroatoms. The summed E-state index contributed by atoms with van der Waals surface area (Å²) in [5.74, 6) is -0.286. The molecule has 0 radical (unpaired) electrons. The Morgan fingerprint density at radius 3 is 3.07 bits per heavy atom. The van der Waals surface area contributed by atoms with Gasteiger partial charge in [0.15, 0.2) is 0 Å². The second kappa shape index (κ2) is 4.06. The van der Waals surface area contributed by atoms with Gasteiger partial charge in [-0.2, -0.15) is 0 Å². The van der Waals surface area contributed by atoms with Gasteiger partial charge in [-0.15, -0.1) is 0 Å². The minimum absolute atomic E-state index is 0.286. The number of hydrogen-bond donors (Lipinski definition) is 1. The van der Waals surface area contributed by atoms with Gasteiger partial charge in [0, 0.05) is 21.6 Å². The van der Waals surface area contributed by atoms with E-state index < -0.39 is 0 Å². The summed E-state index contributed by atoms with van der Waals surface area (Å²) in [5.41, 5.74) is 1.51. The van der Waals surface area contributed by atoms with Gasteiger partial charge >= 0.3 is 5.97 Å². The predicted octanol–water partition coefficient (Wildman–Crippen LogP) is 3.11. The second-order valence-electron chi connectivity index (χ2n) is 3.11. The van der Waals surface area contributed by atoms with Crippen LogP contribution in [0.4, 0.5) is 0 Å². The SMILES string of the molecule is CCOC(=O)c1c[nH]c2cc(Br)ccc12. The summed E-state index contributed by atoms with van der Waals surface area (Å²) in [6.07, 6.45) is 1.68. The highest BCUT2D eigenvalue weighted by atomic mass is 79.9. The fraction of sp³-hybridized carbons (Fsp3) is 0.182. The van der Waals surface area contributed by atoms with Gasteiger partial charge in [-0.05, 0) is 19.1 Å². The Morgan fingerprint density at radius 2 is 2.33 bits per heavy atom. The molecule has 1 N–H and O–H groups in total. The Bertz CT molecular complexity index is 504. The van der Waals surface area contributed by atoms with Gasteiger partial charge in [-0.3, -0.25) is 0 Å². The summed E-state index contributed by atoms with van der Waals surface area (Å²) < 4.78 is 5.93. The average Bonchev–Trinajstić information content (AvgIpc) is 2.60. The Hall–Kier alpha value is -1.29. The third-order valence-electron chi connectivity index (χ3n) is 2.14. The van der Waals surface area contributed by atoms with Crippen molar-refractivity contribution in [3.05, 3.63) is 34.4 Å². The van der Waals surface area contributed by atoms with Crippen molar-refractivity contribution in [2.45, 2.75) is 6.92 Å². The first-order valence-electron chi connectivity index (χ1n) is 4.66. The maximum atomic E-state index is 11.6. The van der Waals surface area contributed by atoms with Crippen LogP contribution in [-0.2, 0) is 4.74 Å². The number of nitrogens with one attached hydrogen (secondary N) is 1. The first-order valence-corrected chi connectivity index (χ1v) is 5.45. The first kappa shape index (κ1) is 10.2. The van der Waals surface area contributed by atoms with Crippen LogP contribution in [0.5, 0.6) is 0 Å². The molecule has 0 aliphatic heterocycles. The van der Waals surface area contributed by atoms with Crippen LogP contribution in [0.3, 0.4) is 0 Å². The van der Waals surface area contributed by atoms with Crippen molar-refractivity contribution in [1.82, 2.24) is 4.98 Å². The number of rotatable bonds is 2. The van der Waals surface area contributed by atoms with Crippen LogP contribution in [0, 0.1) is 0 Å². The van der Waals surface area contributed by atoms with Crippen molar-refractivity contribution in [2.75, 3.05) is 6.61 Å². The quantitative estimate of drug-likeness (QED) is 0.850. The zero-order valence-electron chi connectivity index (χ0n) is 8.21. The molecule has 0 aliphatic rings. The summed E-state index contributed by atoms with van der Waals surface area (Å²) in [6, 6.07) is 5.72. The minimum Gasteiger partial charge on any atom is -0.462 e. The monoisotopic (exact) mass is 267 g/mol. The Kier molecular flexibility index (Phi) is 2.77.